The summed E-state index contributed by atoms with van der Waals surface area (Å²) in [7, 11) is 1.50. The molecular weight excluding hydrogens is 258 g/mol. The maximum atomic E-state index is 11.7. The van der Waals surface area contributed by atoms with E-state index >= 15 is 0 Å². The van der Waals surface area contributed by atoms with E-state index < -0.39 is 0 Å². The van der Waals surface area contributed by atoms with Crippen LogP contribution in [0.4, 0.5) is 0 Å². The molecule has 1 saturated carbocycles. The van der Waals surface area contributed by atoms with Crippen molar-refractivity contribution < 1.29 is 4.79 Å². The van der Waals surface area contributed by atoms with Crippen LogP contribution in [0.15, 0.2) is 24.3 Å². The Bertz CT molecular complexity index is 366. The minimum Gasteiger partial charge on any atom is -0.333 e. The van der Waals surface area contributed by atoms with Crippen molar-refractivity contribution in [2.24, 2.45) is 5.73 Å². The molecule has 0 radical (unpaired) electrons. The summed E-state index contributed by atoms with van der Waals surface area (Å²) in [5.74, 6) is 0.404. The van der Waals surface area contributed by atoms with Crippen LogP contribution >= 0.6 is 11.6 Å². The Morgan fingerprint density at radius 1 is 1.21 bits per heavy atom. The summed E-state index contributed by atoms with van der Waals surface area (Å²) in [6.45, 7) is 4.25. The van der Waals surface area contributed by atoms with Gasteiger partial charge in [-0.2, -0.15) is 0 Å². The molecule has 3 heteroatoms. The zero-order chi connectivity index (χ0) is 14.7. The van der Waals surface area contributed by atoms with Crippen molar-refractivity contribution in [1.82, 2.24) is 0 Å². The van der Waals surface area contributed by atoms with Crippen LogP contribution < -0.4 is 5.73 Å². The van der Waals surface area contributed by atoms with E-state index in [9.17, 15) is 4.79 Å². The van der Waals surface area contributed by atoms with Crippen molar-refractivity contribution in [2.45, 2.75) is 51.9 Å². The summed E-state index contributed by atoms with van der Waals surface area (Å²) in [4.78, 5) is 11.7. The second kappa shape index (κ2) is 11.0. The smallest absolute Gasteiger partial charge is 0.140 e. The molecule has 19 heavy (non-hydrogen) atoms. The van der Waals surface area contributed by atoms with E-state index in [1.54, 1.807) is 0 Å². The fourth-order valence-electron chi connectivity index (χ4n) is 2.07. The van der Waals surface area contributed by atoms with Gasteiger partial charge in [-0.3, -0.25) is 4.79 Å². The lowest BCUT2D eigenvalue weighted by molar-refractivity contribution is -0.121. The summed E-state index contributed by atoms with van der Waals surface area (Å²) >= 11 is 6.07. The lowest BCUT2D eigenvalue weighted by Crippen LogP contribution is -2.17. The van der Waals surface area contributed by atoms with Crippen molar-refractivity contribution in [3.63, 3.8) is 0 Å². The van der Waals surface area contributed by atoms with Gasteiger partial charge in [0.2, 0.25) is 0 Å². The van der Waals surface area contributed by atoms with Gasteiger partial charge in [0, 0.05) is 17.4 Å². The summed E-state index contributed by atoms with van der Waals surface area (Å²) in [5, 5.41) is 0.729. The van der Waals surface area contributed by atoms with Gasteiger partial charge in [-0.25, -0.2) is 0 Å². The molecule has 1 aromatic rings. The Morgan fingerprint density at radius 2 is 1.79 bits per heavy atom. The summed E-state index contributed by atoms with van der Waals surface area (Å²) in [6.07, 6.45) is 5.11. The van der Waals surface area contributed by atoms with Crippen molar-refractivity contribution in [2.75, 3.05) is 7.05 Å². The molecule has 0 amide bonds. The van der Waals surface area contributed by atoms with Gasteiger partial charge in [-0.05, 0) is 31.5 Å². The number of carbonyl (C=O) groups excluding carboxylic acids is 1. The summed E-state index contributed by atoms with van der Waals surface area (Å²) < 4.78 is 0. The third-order valence-corrected chi connectivity index (χ3v) is 3.18. The highest BCUT2D eigenvalue weighted by molar-refractivity contribution is 6.31. The Morgan fingerprint density at radius 3 is 2.32 bits per heavy atom. The molecule has 1 aliphatic carbocycles. The summed E-state index contributed by atoms with van der Waals surface area (Å²) in [6, 6.07) is 7.68. The molecule has 0 bridgehead atoms. The maximum absolute atomic E-state index is 11.7. The molecule has 1 fully saturated rings. The van der Waals surface area contributed by atoms with E-state index in [4.69, 9.17) is 11.6 Å². The summed E-state index contributed by atoms with van der Waals surface area (Å²) in [5.41, 5.74) is 5.51. The highest BCUT2D eigenvalue weighted by Gasteiger charge is 2.24. The van der Waals surface area contributed by atoms with E-state index in [1.165, 1.54) is 13.5 Å². The number of hydrogen-bond donors (Lipinski definition) is 1. The molecule has 108 valence electrons. The van der Waals surface area contributed by atoms with Gasteiger partial charge in [-0.15, -0.1) is 0 Å². The van der Waals surface area contributed by atoms with Gasteiger partial charge in [0.05, 0.1) is 0 Å². The number of carbonyl (C=O) groups is 1. The molecule has 2 rings (SSSR count). The van der Waals surface area contributed by atoms with Crippen LogP contribution in [0.5, 0.6) is 0 Å². The highest BCUT2D eigenvalue weighted by atomic mass is 35.5. The average molecular weight is 284 g/mol. The zero-order valence-corrected chi connectivity index (χ0v) is 13.0. The topological polar surface area (TPSA) is 43.1 Å². The van der Waals surface area contributed by atoms with E-state index in [1.807, 2.05) is 24.3 Å². The molecule has 0 heterocycles. The molecule has 1 unspecified atom stereocenters. The number of benzene rings is 1. The zero-order valence-electron chi connectivity index (χ0n) is 12.3. The quantitative estimate of drug-likeness (QED) is 0.821. The van der Waals surface area contributed by atoms with Crippen molar-refractivity contribution >= 4 is 17.4 Å². The average Bonchev–Trinajstić information content (AvgIpc) is 2.43. The lowest BCUT2D eigenvalue weighted by atomic mass is 9.83. The van der Waals surface area contributed by atoms with Crippen LogP contribution in [-0.2, 0) is 4.79 Å². The molecule has 2 N–H and O–H groups in total. The maximum Gasteiger partial charge on any atom is 0.140 e. The van der Waals surface area contributed by atoms with E-state index in [0.29, 0.717) is 5.78 Å². The first-order valence-electron chi connectivity index (χ1n) is 7.05. The molecular formula is C16H26ClNO. The molecule has 1 aliphatic rings. The number of rotatable bonds is 1. The van der Waals surface area contributed by atoms with Crippen molar-refractivity contribution in [1.29, 1.82) is 0 Å². The Balaban J connectivity index is 0.000000573. The Hall–Kier alpha value is -0.860. The molecule has 0 aliphatic heterocycles. The first-order chi connectivity index (χ1) is 9.20. The monoisotopic (exact) mass is 283 g/mol. The predicted octanol–water partition coefficient (Wildman–Crippen LogP) is 4.56. The van der Waals surface area contributed by atoms with Crippen LogP contribution in [0.25, 0.3) is 0 Å². The number of hydrogen-bond acceptors (Lipinski definition) is 2. The fraction of sp³-hybridized carbons (Fsp3) is 0.562. The third-order valence-electron chi connectivity index (χ3n) is 2.84. The standard InChI is InChI=1S/C12H13ClO.C3H8.CH5N/c13-11-7-3-1-5-9(11)10-6-2-4-8-12(10)14;1-3-2;1-2/h1,3,5,7,10H,2,4,6,8H2;3H2,1-2H3;2H2,1H3. The fourth-order valence-corrected chi connectivity index (χ4v) is 2.34. The van der Waals surface area contributed by atoms with Gasteiger partial charge >= 0.3 is 0 Å². The molecule has 1 aromatic carbocycles. The first kappa shape index (κ1) is 18.1. The van der Waals surface area contributed by atoms with Gasteiger partial charge in [0.25, 0.3) is 0 Å². The van der Waals surface area contributed by atoms with E-state index in [2.05, 4.69) is 19.6 Å². The van der Waals surface area contributed by atoms with Gasteiger partial charge in [0.15, 0.2) is 0 Å². The minimum atomic E-state index is 0.0532. The normalized spacial score (nSPS) is 17.7. The van der Waals surface area contributed by atoms with Gasteiger partial charge in [-0.1, -0.05) is 56.5 Å². The lowest BCUT2D eigenvalue weighted by Gasteiger charge is -2.21. The second-order valence-corrected chi connectivity index (χ2v) is 4.90. The minimum absolute atomic E-state index is 0.0532. The number of halogens is 1. The molecule has 0 spiro atoms. The number of ketones is 1. The third kappa shape index (κ3) is 6.22. The largest absolute Gasteiger partial charge is 0.333 e. The molecule has 0 aromatic heterocycles. The molecule has 1 atom stereocenters. The van der Waals surface area contributed by atoms with Crippen LogP contribution in [-0.4, -0.2) is 12.8 Å². The van der Waals surface area contributed by atoms with Crippen LogP contribution in [0.3, 0.4) is 0 Å². The van der Waals surface area contributed by atoms with E-state index in [-0.39, 0.29) is 5.92 Å². The molecule has 2 nitrogen and oxygen atoms in total. The Kier molecular flexibility index (Phi) is 10.5. The number of nitrogens with two attached hydrogens (primary N) is 1. The highest BCUT2D eigenvalue weighted by Crippen LogP contribution is 2.33. The Labute approximate surface area is 122 Å². The van der Waals surface area contributed by atoms with Crippen molar-refractivity contribution in [3.8, 4) is 0 Å². The second-order valence-electron chi connectivity index (χ2n) is 4.49. The van der Waals surface area contributed by atoms with Crippen LogP contribution in [0, 0.1) is 0 Å². The number of Topliss-reactive ketones (excluding diaryl/α,β-unsaturated/α-hetero) is 1. The van der Waals surface area contributed by atoms with Crippen LogP contribution in [0.1, 0.15) is 57.4 Å². The first-order valence-corrected chi connectivity index (χ1v) is 7.43. The van der Waals surface area contributed by atoms with Gasteiger partial charge in [0.1, 0.15) is 5.78 Å². The van der Waals surface area contributed by atoms with E-state index in [0.717, 1.165) is 36.3 Å². The van der Waals surface area contributed by atoms with Crippen molar-refractivity contribution in [3.05, 3.63) is 34.9 Å². The SMILES string of the molecule is CCC.CN.O=C1CCCCC1c1ccccc1Cl. The predicted molar refractivity (Wildman–Crippen MR) is 83.7 cm³/mol. The van der Waals surface area contributed by atoms with Crippen LogP contribution in [0.2, 0.25) is 5.02 Å². The van der Waals surface area contributed by atoms with Gasteiger partial charge < -0.3 is 5.73 Å². The molecule has 0 saturated heterocycles.